The number of nitrogens with zero attached hydrogens (tertiary/aromatic N) is 6. The van der Waals surface area contributed by atoms with Crippen LogP contribution in [-0.4, -0.2) is 56.1 Å². The zero-order valence-electron chi connectivity index (χ0n) is 16.9. The maximum atomic E-state index is 4.90. The third-order valence-corrected chi connectivity index (χ3v) is 5.45. The third kappa shape index (κ3) is 5.11. The molecule has 2 atom stereocenters. The van der Waals surface area contributed by atoms with Crippen LogP contribution in [0.3, 0.4) is 0 Å². The van der Waals surface area contributed by atoms with Gasteiger partial charge in [-0.05, 0) is 39.0 Å². The molecule has 0 bridgehead atoms. The molecule has 2 aromatic heterocycles. The number of aryl methyl sites for hydroxylation is 2. The van der Waals surface area contributed by atoms with E-state index in [2.05, 4.69) is 56.3 Å². The van der Waals surface area contributed by atoms with E-state index < -0.39 is 0 Å². The van der Waals surface area contributed by atoms with Gasteiger partial charge in [0.25, 0.3) is 0 Å². The Bertz CT molecular complexity index is 704. The van der Waals surface area contributed by atoms with Crippen molar-refractivity contribution in [1.29, 1.82) is 0 Å². The maximum absolute atomic E-state index is 4.90. The van der Waals surface area contributed by atoms with E-state index in [0.717, 1.165) is 57.3 Å². The Kier molecular flexibility index (Phi) is 6.90. The van der Waals surface area contributed by atoms with Crippen molar-refractivity contribution in [1.82, 2.24) is 29.3 Å². The number of nitrogens with one attached hydrogen (secondary N) is 1. The highest BCUT2D eigenvalue weighted by Gasteiger charge is 2.28. The third-order valence-electron chi connectivity index (χ3n) is 5.45. The molecule has 148 valence electrons. The molecule has 0 aromatic carbocycles. The van der Waals surface area contributed by atoms with Gasteiger partial charge in [0.15, 0.2) is 5.96 Å². The van der Waals surface area contributed by atoms with Crippen LogP contribution in [0.5, 0.6) is 0 Å². The number of imidazole rings is 2. The number of rotatable bonds is 7. The largest absolute Gasteiger partial charge is 0.357 e. The summed E-state index contributed by atoms with van der Waals surface area (Å²) in [5.74, 6) is 2.78. The van der Waals surface area contributed by atoms with Gasteiger partial charge in [0.2, 0.25) is 0 Å². The number of piperidine rings is 1. The van der Waals surface area contributed by atoms with Crippen LogP contribution < -0.4 is 5.32 Å². The standard InChI is InChI=1S/C20H33N7/c1-4-22-20(24-8-5-6-11-25-14-10-23-18(25)3)26-12-7-17(2)19(15-26)27-13-9-21-16-27/h9-10,13-14,16-17,19H,4-8,11-12,15H2,1-3H3,(H,22,24). The molecule has 1 fully saturated rings. The van der Waals surface area contributed by atoms with E-state index >= 15 is 0 Å². The highest BCUT2D eigenvalue weighted by atomic mass is 15.3. The van der Waals surface area contributed by atoms with E-state index in [1.165, 1.54) is 6.42 Å². The van der Waals surface area contributed by atoms with Gasteiger partial charge in [0.1, 0.15) is 5.82 Å². The monoisotopic (exact) mass is 371 g/mol. The number of hydrogen-bond acceptors (Lipinski definition) is 3. The Morgan fingerprint density at radius 3 is 2.89 bits per heavy atom. The van der Waals surface area contributed by atoms with Gasteiger partial charge in [-0.3, -0.25) is 4.99 Å². The molecular weight excluding hydrogens is 338 g/mol. The van der Waals surface area contributed by atoms with Gasteiger partial charge >= 0.3 is 0 Å². The molecule has 3 rings (SSSR count). The minimum atomic E-state index is 0.453. The number of likely N-dealkylation sites (tertiary alicyclic amines) is 1. The molecule has 0 radical (unpaired) electrons. The summed E-state index contributed by atoms with van der Waals surface area (Å²) >= 11 is 0. The fourth-order valence-corrected chi connectivity index (χ4v) is 3.74. The molecule has 1 saturated heterocycles. The van der Waals surface area contributed by atoms with E-state index in [1.54, 1.807) is 0 Å². The number of aliphatic imine (C=N–C) groups is 1. The molecule has 3 heterocycles. The zero-order valence-corrected chi connectivity index (χ0v) is 16.9. The topological polar surface area (TPSA) is 63.3 Å². The first-order valence-electron chi connectivity index (χ1n) is 10.2. The van der Waals surface area contributed by atoms with E-state index in [4.69, 9.17) is 4.99 Å². The van der Waals surface area contributed by atoms with Gasteiger partial charge in [-0.1, -0.05) is 6.92 Å². The lowest BCUT2D eigenvalue weighted by atomic mass is 9.93. The molecule has 1 aliphatic heterocycles. The molecule has 0 aliphatic carbocycles. The number of unbranched alkanes of at least 4 members (excludes halogenated alkanes) is 1. The summed E-state index contributed by atoms with van der Waals surface area (Å²) in [4.78, 5) is 15.8. The second kappa shape index (κ2) is 9.58. The second-order valence-corrected chi connectivity index (χ2v) is 7.40. The fraction of sp³-hybridized carbons (Fsp3) is 0.650. The summed E-state index contributed by atoms with van der Waals surface area (Å²) in [6.07, 6.45) is 13.2. The Hall–Kier alpha value is -2.31. The first-order valence-corrected chi connectivity index (χ1v) is 10.2. The summed E-state index contributed by atoms with van der Waals surface area (Å²) < 4.78 is 4.45. The summed E-state index contributed by atoms with van der Waals surface area (Å²) in [7, 11) is 0. The van der Waals surface area contributed by atoms with Crippen LogP contribution in [0, 0.1) is 12.8 Å². The lowest BCUT2D eigenvalue weighted by molar-refractivity contribution is 0.189. The van der Waals surface area contributed by atoms with Crippen molar-refractivity contribution < 1.29 is 0 Å². The summed E-state index contributed by atoms with van der Waals surface area (Å²) in [6, 6.07) is 0.453. The predicted octanol–water partition coefficient (Wildman–Crippen LogP) is 2.72. The molecule has 2 aromatic rings. The molecule has 7 heteroatoms. The van der Waals surface area contributed by atoms with Crippen LogP contribution in [0.25, 0.3) is 0 Å². The normalized spacial score (nSPS) is 20.9. The SMILES string of the molecule is CCNC(=NCCCCn1ccnc1C)N1CCC(C)C(n2ccnc2)C1. The molecule has 0 saturated carbocycles. The molecule has 7 nitrogen and oxygen atoms in total. The molecule has 1 N–H and O–H groups in total. The van der Waals surface area contributed by atoms with Gasteiger partial charge in [-0.25, -0.2) is 9.97 Å². The number of hydrogen-bond donors (Lipinski definition) is 1. The average molecular weight is 372 g/mol. The van der Waals surface area contributed by atoms with E-state index in [0.29, 0.717) is 12.0 Å². The molecule has 0 spiro atoms. The number of guanidine groups is 1. The number of aromatic nitrogens is 4. The van der Waals surface area contributed by atoms with Crippen molar-refractivity contribution in [2.24, 2.45) is 10.9 Å². The van der Waals surface area contributed by atoms with Crippen molar-refractivity contribution in [3.8, 4) is 0 Å². The van der Waals surface area contributed by atoms with Gasteiger partial charge in [-0.15, -0.1) is 0 Å². The van der Waals surface area contributed by atoms with Crippen LogP contribution in [0.4, 0.5) is 0 Å². The highest BCUT2D eigenvalue weighted by molar-refractivity contribution is 5.80. The summed E-state index contributed by atoms with van der Waals surface area (Å²) in [5.41, 5.74) is 0. The lowest BCUT2D eigenvalue weighted by Crippen LogP contribution is -2.49. The van der Waals surface area contributed by atoms with Crippen LogP contribution in [0.1, 0.15) is 45.0 Å². The van der Waals surface area contributed by atoms with Gasteiger partial charge < -0.3 is 19.4 Å². The highest BCUT2D eigenvalue weighted by Crippen LogP contribution is 2.27. The Labute approximate surface area is 162 Å². The molecule has 0 amide bonds. The first-order chi connectivity index (χ1) is 13.2. The Morgan fingerprint density at radius 1 is 1.30 bits per heavy atom. The van der Waals surface area contributed by atoms with Crippen molar-refractivity contribution in [3.05, 3.63) is 36.9 Å². The van der Waals surface area contributed by atoms with Gasteiger partial charge in [0.05, 0.1) is 12.4 Å². The van der Waals surface area contributed by atoms with Crippen LogP contribution in [-0.2, 0) is 6.54 Å². The summed E-state index contributed by atoms with van der Waals surface area (Å²) in [6.45, 7) is 11.3. The van der Waals surface area contributed by atoms with Crippen molar-refractivity contribution >= 4 is 5.96 Å². The van der Waals surface area contributed by atoms with Gasteiger partial charge in [0, 0.05) is 57.5 Å². The van der Waals surface area contributed by atoms with E-state index in [1.807, 2.05) is 24.9 Å². The fourth-order valence-electron chi connectivity index (χ4n) is 3.74. The first kappa shape index (κ1) is 19.5. The van der Waals surface area contributed by atoms with E-state index in [-0.39, 0.29) is 0 Å². The molecule has 2 unspecified atom stereocenters. The average Bonchev–Trinajstić information content (AvgIpc) is 3.33. The smallest absolute Gasteiger partial charge is 0.193 e. The van der Waals surface area contributed by atoms with Gasteiger partial charge in [-0.2, -0.15) is 0 Å². The van der Waals surface area contributed by atoms with E-state index in [9.17, 15) is 0 Å². The van der Waals surface area contributed by atoms with Crippen LogP contribution in [0.2, 0.25) is 0 Å². The zero-order chi connectivity index (χ0) is 19.1. The van der Waals surface area contributed by atoms with Crippen molar-refractivity contribution in [2.75, 3.05) is 26.2 Å². The van der Waals surface area contributed by atoms with Crippen LogP contribution in [0.15, 0.2) is 36.1 Å². The van der Waals surface area contributed by atoms with Crippen molar-refractivity contribution in [2.45, 2.75) is 52.6 Å². The molecule has 27 heavy (non-hydrogen) atoms. The summed E-state index contributed by atoms with van der Waals surface area (Å²) in [5, 5.41) is 3.48. The Morgan fingerprint density at radius 2 is 2.19 bits per heavy atom. The lowest BCUT2D eigenvalue weighted by Gasteiger charge is -2.39. The maximum Gasteiger partial charge on any atom is 0.193 e. The second-order valence-electron chi connectivity index (χ2n) is 7.40. The molecule has 1 aliphatic rings. The predicted molar refractivity (Wildman–Crippen MR) is 109 cm³/mol. The quantitative estimate of drug-likeness (QED) is 0.462. The minimum absolute atomic E-state index is 0.453. The van der Waals surface area contributed by atoms with Crippen molar-refractivity contribution in [3.63, 3.8) is 0 Å². The Balaban J connectivity index is 1.54. The minimum Gasteiger partial charge on any atom is -0.357 e. The van der Waals surface area contributed by atoms with Crippen LogP contribution >= 0.6 is 0 Å². The molecular formula is C20H33N7.